The van der Waals surface area contributed by atoms with Crippen LogP contribution in [0.2, 0.25) is 0 Å². The van der Waals surface area contributed by atoms with Crippen molar-refractivity contribution in [1.82, 2.24) is 5.32 Å². The SMILES string of the molecule is CCNC(c1ccc(F)c(C(F)(F)F)c1)C1CCC1. The third-order valence-electron chi connectivity index (χ3n) is 3.70. The molecule has 0 amide bonds. The summed E-state index contributed by atoms with van der Waals surface area (Å²) in [6, 6.07) is 3.21. The van der Waals surface area contributed by atoms with Crippen LogP contribution in [0, 0.1) is 11.7 Å². The van der Waals surface area contributed by atoms with Gasteiger partial charge in [0.2, 0.25) is 0 Å². The van der Waals surface area contributed by atoms with Gasteiger partial charge in [-0.2, -0.15) is 13.2 Å². The molecule has 1 fully saturated rings. The Labute approximate surface area is 110 Å². The van der Waals surface area contributed by atoms with Gasteiger partial charge in [0.15, 0.2) is 0 Å². The van der Waals surface area contributed by atoms with Gasteiger partial charge in [0.25, 0.3) is 0 Å². The lowest BCUT2D eigenvalue weighted by atomic mass is 9.77. The van der Waals surface area contributed by atoms with Crippen molar-refractivity contribution in [2.24, 2.45) is 5.92 Å². The molecule has 1 aromatic carbocycles. The minimum atomic E-state index is -4.64. The van der Waals surface area contributed by atoms with E-state index in [9.17, 15) is 17.6 Å². The van der Waals surface area contributed by atoms with E-state index in [2.05, 4.69) is 5.32 Å². The molecule has 106 valence electrons. The second-order valence-electron chi connectivity index (χ2n) is 4.96. The lowest BCUT2D eigenvalue weighted by Crippen LogP contribution is -2.32. The van der Waals surface area contributed by atoms with Crippen LogP contribution >= 0.6 is 0 Å². The third kappa shape index (κ3) is 3.08. The van der Waals surface area contributed by atoms with E-state index in [1.807, 2.05) is 6.92 Å². The maximum absolute atomic E-state index is 13.3. The summed E-state index contributed by atoms with van der Waals surface area (Å²) in [6.07, 6.45) is -1.51. The van der Waals surface area contributed by atoms with Gasteiger partial charge in [-0.1, -0.05) is 19.4 Å². The average molecular weight is 275 g/mol. The van der Waals surface area contributed by atoms with E-state index in [4.69, 9.17) is 0 Å². The number of nitrogens with one attached hydrogen (secondary N) is 1. The van der Waals surface area contributed by atoms with Crippen molar-refractivity contribution < 1.29 is 17.6 Å². The Balaban J connectivity index is 2.32. The monoisotopic (exact) mass is 275 g/mol. The van der Waals surface area contributed by atoms with Crippen LogP contribution in [0.1, 0.15) is 43.4 Å². The molecule has 0 heterocycles. The first kappa shape index (κ1) is 14.3. The molecule has 1 N–H and O–H groups in total. The Morgan fingerprint density at radius 2 is 2.00 bits per heavy atom. The van der Waals surface area contributed by atoms with Gasteiger partial charge in [-0.3, -0.25) is 0 Å². The van der Waals surface area contributed by atoms with Gasteiger partial charge in [0, 0.05) is 6.04 Å². The number of hydrogen-bond donors (Lipinski definition) is 1. The molecule has 0 bridgehead atoms. The van der Waals surface area contributed by atoms with E-state index in [0.717, 1.165) is 31.4 Å². The number of halogens is 4. The van der Waals surface area contributed by atoms with Gasteiger partial charge in [-0.25, -0.2) is 4.39 Å². The highest BCUT2D eigenvalue weighted by molar-refractivity contribution is 5.30. The molecule has 1 aliphatic rings. The largest absolute Gasteiger partial charge is 0.419 e. The van der Waals surface area contributed by atoms with E-state index in [-0.39, 0.29) is 6.04 Å². The van der Waals surface area contributed by atoms with Crippen molar-refractivity contribution in [3.63, 3.8) is 0 Å². The Bertz CT molecular complexity index is 438. The van der Waals surface area contributed by atoms with Crippen molar-refractivity contribution in [3.8, 4) is 0 Å². The minimum Gasteiger partial charge on any atom is -0.310 e. The summed E-state index contributed by atoms with van der Waals surface area (Å²) in [5, 5.41) is 3.21. The molecule has 2 rings (SSSR count). The highest BCUT2D eigenvalue weighted by Crippen LogP contribution is 2.40. The molecule has 19 heavy (non-hydrogen) atoms. The van der Waals surface area contributed by atoms with E-state index in [1.165, 1.54) is 6.07 Å². The van der Waals surface area contributed by atoms with E-state index < -0.39 is 17.6 Å². The molecule has 0 aliphatic heterocycles. The van der Waals surface area contributed by atoms with Crippen LogP contribution in [0.25, 0.3) is 0 Å². The fourth-order valence-electron chi connectivity index (χ4n) is 2.50. The summed E-state index contributed by atoms with van der Waals surface area (Å²) in [6.45, 7) is 2.60. The van der Waals surface area contributed by atoms with Crippen LogP contribution in [0.3, 0.4) is 0 Å². The fourth-order valence-corrected chi connectivity index (χ4v) is 2.50. The Morgan fingerprint density at radius 3 is 2.47 bits per heavy atom. The lowest BCUT2D eigenvalue weighted by molar-refractivity contribution is -0.140. The first-order valence-electron chi connectivity index (χ1n) is 6.53. The second-order valence-corrected chi connectivity index (χ2v) is 4.96. The zero-order valence-electron chi connectivity index (χ0n) is 10.7. The Morgan fingerprint density at radius 1 is 1.32 bits per heavy atom. The standard InChI is InChI=1S/C14H17F4N/c1-2-19-13(9-4-3-5-9)10-6-7-12(15)11(8-10)14(16,17)18/h6-9,13,19H,2-5H2,1H3. The highest BCUT2D eigenvalue weighted by atomic mass is 19.4. The third-order valence-corrected chi connectivity index (χ3v) is 3.70. The van der Waals surface area contributed by atoms with Gasteiger partial charge in [0.05, 0.1) is 5.56 Å². The molecule has 1 saturated carbocycles. The number of alkyl halides is 3. The van der Waals surface area contributed by atoms with Gasteiger partial charge in [0.1, 0.15) is 5.82 Å². The van der Waals surface area contributed by atoms with Gasteiger partial charge >= 0.3 is 6.18 Å². The smallest absolute Gasteiger partial charge is 0.310 e. The van der Waals surface area contributed by atoms with Crippen molar-refractivity contribution in [3.05, 3.63) is 35.1 Å². The van der Waals surface area contributed by atoms with Gasteiger partial charge in [-0.05, 0) is 43.0 Å². The number of benzene rings is 1. The van der Waals surface area contributed by atoms with Crippen LogP contribution in [-0.2, 0) is 6.18 Å². The maximum atomic E-state index is 13.3. The predicted octanol–water partition coefficient (Wildman–Crippen LogP) is 4.30. The van der Waals surface area contributed by atoms with E-state index in [1.54, 1.807) is 0 Å². The molecule has 1 nitrogen and oxygen atoms in total. The molecule has 1 unspecified atom stereocenters. The molecule has 0 spiro atoms. The van der Waals surface area contributed by atoms with Crippen LogP contribution in [0.15, 0.2) is 18.2 Å². The summed E-state index contributed by atoms with van der Waals surface area (Å²) in [5.74, 6) is -0.855. The second kappa shape index (κ2) is 5.49. The quantitative estimate of drug-likeness (QED) is 0.808. The van der Waals surface area contributed by atoms with Crippen molar-refractivity contribution in [2.75, 3.05) is 6.54 Å². The molecular weight excluding hydrogens is 258 g/mol. The van der Waals surface area contributed by atoms with Crippen molar-refractivity contribution >= 4 is 0 Å². The summed E-state index contributed by atoms with van der Waals surface area (Å²) in [7, 11) is 0. The Kier molecular flexibility index (Phi) is 4.13. The fraction of sp³-hybridized carbons (Fsp3) is 0.571. The van der Waals surface area contributed by atoms with E-state index >= 15 is 0 Å². The van der Waals surface area contributed by atoms with Crippen LogP contribution in [0.4, 0.5) is 17.6 Å². The van der Waals surface area contributed by atoms with Crippen molar-refractivity contribution in [2.45, 2.75) is 38.4 Å². The molecule has 0 radical (unpaired) electrons. The van der Waals surface area contributed by atoms with Gasteiger partial charge < -0.3 is 5.32 Å². The average Bonchev–Trinajstić information content (AvgIpc) is 2.25. The molecule has 0 saturated heterocycles. The Hall–Kier alpha value is -1.10. The van der Waals surface area contributed by atoms with E-state index in [0.29, 0.717) is 18.0 Å². The van der Waals surface area contributed by atoms with Crippen LogP contribution in [-0.4, -0.2) is 6.54 Å². The number of rotatable bonds is 4. The zero-order valence-corrected chi connectivity index (χ0v) is 10.7. The first-order chi connectivity index (χ1) is 8.93. The minimum absolute atomic E-state index is 0.111. The van der Waals surface area contributed by atoms with Crippen LogP contribution in [0.5, 0.6) is 0 Å². The normalized spacial score (nSPS) is 18.2. The predicted molar refractivity (Wildman–Crippen MR) is 65.2 cm³/mol. The highest BCUT2D eigenvalue weighted by Gasteiger charge is 2.36. The number of hydrogen-bond acceptors (Lipinski definition) is 1. The molecular formula is C14H17F4N. The zero-order chi connectivity index (χ0) is 14.0. The van der Waals surface area contributed by atoms with Gasteiger partial charge in [-0.15, -0.1) is 0 Å². The molecule has 5 heteroatoms. The topological polar surface area (TPSA) is 12.0 Å². The summed E-state index contributed by atoms with van der Waals surface area (Å²) >= 11 is 0. The lowest BCUT2D eigenvalue weighted by Gasteiger charge is -2.35. The first-order valence-corrected chi connectivity index (χ1v) is 6.53. The van der Waals surface area contributed by atoms with Crippen molar-refractivity contribution in [1.29, 1.82) is 0 Å². The summed E-state index contributed by atoms with van der Waals surface area (Å²) in [5.41, 5.74) is -0.646. The maximum Gasteiger partial charge on any atom is 0.419 e. The molecule has 0 aromatic heterocycles. The molecule has 1 atom stereocenters. The molecule has 1 aromatic rings. The summed E-state index contributed by atoms with van der Waals surface area (Å²) < 4.78 is 51.4. The van der Waals surface area contributed by atoms with Crippen LogP contribution < -0.4 is 5.32 Å². The summed E-state index contributed by atoms with van der Waals surface area (Å²) in [4.78, 5) is 0. The molecule has 1 aliphatic carbocycles.